The van der Waals surface area contributed by atoms with E-state index >= 15 is 0 Å². The lowest BCUT2D eigenvalue weighted by Crippen LogP contribution is -2.50. The van der Waals surface area contributed by atoms with Gasteiger partial charge >= 0.3 is 11.0 Å². The van der Waals surface area contributed by atoms with Crippen LogP contribution in [0, 0.1) is 0 Å². The van der Waals surface area contributed by atoms with Crippen molar-refractivity contribution in [3.63, 3.8) is 0 Å². The summed E-state index contributed by atoms with van der Waals surface area (Å²) < 4.78 is 109. The highest BCUT2D eigenvalue weighted by Gasteiger charge is 2.46. The second kappa shape index (κ2) is 10.4. The van der Waals surface area contributed by atoms with Gasteiger partial charge in [0.15, 0.2) is 20.0 Å². The van der Waals surface area contributed by atoms with Crippen molar-refractivity contribution in [3.05, 3.63) is 4.13 Å². The largest absolute Gasteiger partial charge is 0.480 e. The third-order valence-corrected chi connectivity index (χ3v) is 5.12. The Labute approximate surface area is 136 Å². The second-order valence-corrected chi connectivity index (χ2v) is 7.96. The molecule has 148 valence electrons. The molecule has 0 aliphatic rings. The molecule has 0 saturated carbocycles. The zero-order valence-corrected chi connectivity index (χ0v) is 14.5. The number of sulfonamides is 2. The van der Waals surface area contributed by atoms with Gasteiger partial charge in [-0.3, -0.25) is 0 Å². The molecular weight excluding hydrogens is 390 g/mol. The van der Waals surface area contributed by atoms with Crippen molar-refractivity contribution in [2.24, 2.45) is 0 Å². The Bertz CT molecular complexity index is 495. The van der Waals surface area contributed by atoms with Gasteiger partial charge in [-0.1, -0.05) is 32.6 Å². The first-order valence-electron chi connectivity index (χ1n) is 6.78. The van der Waals surface area contributed by atoms with Crippen molar-refractivity contribution in [3.8, 4) is 0 Å². The number of nitrogens with zero attached hydrogens (tertiary/aromatic N) is 1. The molecule has 0 aliphatic carbocycles. The maximum Gasteiger partial charge on any atom is 0.480 e. The van der Waals surface area contributed by atoms with Gasteiger partial charge in [0, 0.05) is 0 Å². The van der Waals surface area contributed by atoms with Crippen molar-refractivity contribution in [1.82, 2.24) is 0 Å². The van der Waals surface area contributed by atoms with E-state index in [9.17, 15) is 43.2 Å². The van der Waals surface area contributed by atoms with Crippen LogP contribution >= 0.6 is 0 Å². The van der Waals surface area contributed by atoms with E-state index in [0.29, 0.717) is 0 Å². The topological polar surface area (TPSA) is 110 Å². The van der Waals surface area contributed by atoms with Crippen molar-refractivity contribution in [1.29, 1.82) is 0 Å². The molecule has 0 radical (unpaired) electrons. The third kappa shape index (κ3) is 10.3. The number of alkyl halides is 6. The van der Waals surface area contributed by atoms with Crippen molar-refractivity contribution in [2.45, 2.75) is 56.5 Å². The van der Waals surface area contributed by atoms with Crippen LogP contribution in [0.1, 0.15) is 45.4 Å². The summed E-state index contributed by atoms with van der Waals surface area (Å²) in [5, 5.41) is 0. The summed E-state index contributed by atoms with van der Waals surface area (Å²) in [4.78, 5) is 0. The molecule has 0 spiro atoms. The summed E-state index contributed by atoms with van der Waals surface area (Å²) in [5.41, 5.74) is -8.60. The fraction of sp³-hybridized carbons (Fsp3) is 1.00. The molecule has 0 fully saturated rings. The lowest BCUT2D eigenvalue weighted by molar-refractivity contribution is -0.368. The third-order valence-electron chi connectivity index (χ3n) is 2.38. The predicted octanol–water partition coefficient (Wildman–Crippen LogP) is 2.65. The van der Waals surface area contributed by atoms with E-state index in [-0.39, 0.29) is 0 Å². The molecule has 0 rings (SSSR count). The van der Waals surface area contributed by atoms with Gasteiger partial charge in [-0.15, -0.1) is 0 Å². The Morgan fingerprint density at radius 2 is 1.08 bits per heavy atom. The van der Waals surface area contributed by atoms with Crippen LogP contribution in [-0.2, 0) is 20.0 Å². The molecule has 0 amide bonds. The average molecular weight is 410 g/mol. The van der Waals surface area contributed by atoms with Crippen LogP contribution in [0.5, 0.6) is 0 Å². The van der Waals surface area contributed by atoms with E-state index in [1.165, 1.54) is 38.5 Å². The summed E-state index contributed by atoms with van der Waals surface area (Å²) in [6.45, 7) is 3.37. The van der Waals surface area contributed by atoms with Crippen LogP contribution in [0.3, 0.4) is 0 Å². The quantitative estimate of drug-likeness (QED) is 0.490. The van der Waals surface area contributed by atoms with Gasteiger partial charge in [-0.25, -0.2) is 16.8 Å². The SMILES string of the molecule is CCCCCCCC[NH3+].O=S(=O)([N-]S(=O)(=O)C(F)(F)F)C(F)(F)F. The van der Waals surface area contributed by atoms with Crippen molar-refractivity contribution >= 4 is 20.0 Å². The molecule has 0 aromatic rings. The normalized spacial score (nSPS) is 13.3. The molecule has 0 unspecified atom stereocenters. The molecule has 0 saturated heterocycles. The minimum absolute atomic E-state index is 0.778. The first kappa shape index (κ1) is 25.6. The van der Waals surface area contributed by atoms with E-state index in [0.717, 1.165) is 10.7 Å². The van der Waals surface area contributed by atoms with Gasteiger partial charge in [0.2, 0.25) is 0 Å². The van der Waals surface area contributed by atoms with Gasteiger partial charge in [0.1, 0.15) is 0 Å². The van der Waals surface area contributed by atoms with E-state index in [4.69, 9.17) is 0 Å². The summed E-state index contributed by atoms with van der Waals surface area (Å²) >= 11 is 0. The molecule has 14 heteroatoms. The van der Waals surface area contributed by atoms with Gasteiger partial charge < -0.3 is 9.86 Å². The number of hydrogen-bond donors (Lipinski definition) is 1. The fourth-order valence-corrected chi connectivity index (χ4v) is 2.88. The zero-order chi connectivity index (χ0) is 19.7. The maximum absolute atomic E-state index is 11.4. The van der Waals surface area contributed by atoms with Gasteiger partial charge in [0.05, 0.1) is 6.54 Å². The van der Waals surface area contributed by atoms with Crippen molar-refractivity contribution in [2.75, 3.05) is 6.54 Å². The fourth-order valence-electron chi connectivity index (χ4n) is 1.17. The number of hydrogen-bond acceptors (Lipinski definition) is 4. The Balaban J connectivity index is 0. The number of quaternary nitrogens is 1. The number of halogens is 6. The van der Waals surface area contributed by atoms with Crippen LogP contribution in [-0.4, -0.2) is 34.4 Å². The summed E-state index contributed by atoms with van der Waals surface area (Å²) in [7, 11) is -13.4. The van der Waals surface area contributed by atoms with E-state index in [1.807, 2.05) is 0 Å². The number of unbranched alkanes of at least 4 members (excludes halogenated alkanes) is 5. The predicted molar refractivity (Wildman–Crippen MR) is 74.4 cm³/mol. The molecule has 0 aromatic heterocycles. The molecule has 0 bridgehead atoms. The molecule has 24 heavy (non-hydrogen) atoms. The lowest BCUT2D eigenvalue weighted by Gasteiger charge is -2.22. The molecule has 0 aliphatic heterocycles. The minimum atomic E-state index is -6.72. The first-order chi connectivity index (χ1) is 10.6. The van der Waals surface area contributed by atoms with E-state index in [2.05, 4.69) is 12.7 Å². The van der Waals surface area contributed by atoms with E-state index in [1.54, 1.807) is 0 Å². The maximum atomic E-state index is 11.4. The van der Waals surface area contributed by atoms with Crippen molar-refractivity contribution < 1.29 is 48.9 Å². The Morgan fingerprint density at radius 1 is 0.750 bits per heavy atom. The van der Waals surface area contributed by atoms with Crippen LogP contribution in [0.2, 0.25) is 0 Å². The molecular formula is C10H20F6N2O4S2. The molecule has 0 atom stereocenters. The van der Waals surface area contributed by atoms with Crippen LogP contribution in [0.4, 0.5) is 26.3 Å². The average Bonchev–Trinajstić information content (AvgIpc) is 2.35. The summed E-state index contributed by atoms with van der Waals surface area (Å²) in [6.07, 6.45) is 8.33. The number of rotatable bonds is 8. The van der Waals surface area contributed by atoms with E-state index < -0.39 is 31.1 Å². The Kier molecular flexibility index (Phi) is 11.1. The molecule has 0 aromatic carbocycles. The van der Waals surface area contributed by atoms with Gasteiger partial charge in [-0.2, -0.15) is 26.3 Å². The Morgan fingerprint density at radius 3 is 1.38 bits per heavy atom. The van der Waals surface area contributed by atoms with Crippen LogP contribution in [0.25, 0.3) is 4.13 Å². The standard InChI is InChI=1S/C8H19N.C2F6NO4S2/c1-2-3-4-5-6-7-8-9;3-1(4,5)14(10,11)9-15(12,13)2(6,7)8/h2-9H2,1H3;/q;-1/p+1. The Hall–Kier alpha value is -0.600. The van der Waals surface area contributed by atoms with Crippen LogP contribution < -0.4 is 5.73 Å². The lowest BCUT2D eigenvalue weighted by atomic mass is 10.1. The monoisotopic (exact) mass is 410 g/mol. The highest BCUT2D eigenvalue weighted by Crippen LogP contribution is 2.36. The van der Waals surface area contributed by atoms with Crippen LogP contribution in [0.15, 0.2) is 0 Å². The summed E-state index contributed by atoms with van der Waals surface area (Å²) in [5.74, 6) is 0. The first-order valence-corrected chi connectivity index (χ1v) is 9.66. The smallest absolute Gasteiger partial charge is 0.421 e. The molecule has 6 nitrogen and oxygen atoms in total. The minimum Gasteiger partial charge on any atom is -0.421 e. The zero-order valence-electron chi connectivity index (χ0n) is 12.8. The highest BCUT2D eigenvalue weighted by atomic mass is 32.3. The summed E-state index contributed by atoms with van der Waals surface area (Å²) in [6, 6.07) is 0. The van der Waals surface area contributed by atoms with Gasteiger partial charge in [-0.05, 0) is 12.8 Å². The molecule has 0 heterocycles. The van der Waals surface area contributed by atoms with Gasteiger partial charge in [0.25, 0.3) is 0 Å². The highest BCUT2D eigenvalue weighted by molar-refractivity contribution is 8.13. The molecule has 3 N–H and O–H groups in total. The second-order valence-electron chi connectivity index (χ2n) is 4.54.